The van der Waals surface area contributed by atoms with E-state index in [9.17, 15) is 19.0 Å². The van der Waals surface area contributed by atoms with E-state index in [-0.39, 0.29) is 5.75 Å². The zero-order valence-electron chi connectivity index (χ0n) is 29.6. The first kappa shape index (κ1) is 35.2. The third kappa shape index (κ3) is 6.79. The second-order valence-corrected chi connectivity index (χ2v) is 13.2. The third-order valence-corrected chi connectivity index (χ3v) is 9.78. The Balaban J connectivity index is 0.000000425. The predicted octanol–water partition coefficient (Wildman–Crippen LogP) is 7.48. The summed E-state index contributed by atoms with van der Waals surface area (Å²) in [5, 5.41) is 3.11. The summed E-state index contributed by atoms with van der Waals surface area (Å²) in [6.45, 7) is 5.46. The first-order valence-corrected chi connectivity index (χ1v) is 18.1. The second-order valence-electron chi connectivity index (χ2n) is 12.5. The molecule has 0 saturated heterocycles. The van der Waals surface area contributed by atoms with Crippen molar-refractivity contribution in [3.8, 4) is 28.5 Å². The fourth-order valence-corrected chi connectivity index (χ4v) is 6.86. The summed E-state index contributed by atoms with van der Waals surface area (Å²) in [4.78, 5) is 54.4. The van der Waals surface area contributed by atoms with Crippen LogP contribution in [0.4, 0.5) is 0 Å². The lowest BCUT2D eigenvalue weighted by Crippen LogP contribution is -2.33. The highest BCUT2D eigenvalue weighted by Crippen LogP contribution is 2.43. The van der Waals surface area contributed by atoms with Gasteiger partial charge >= 0.3 is 20.2 Å². The average Bonchev–Trinajstić information content (AvgIpc) is 3.88. The fourth-order valence-electron chi connectivity index (χ4n) is 6.46. The van der Waals surface area contributed by atoms with Crippen LogP contribution in [-0.2, 0) is 14.0 Å². The van der Waals surface area contributed by atoms with Crippen LogP contribution in [0.5, 0.6) is 5.75 Å². The number of fused-ring (bicyclic) bond motifs is 4. The standard InChI is InChI=1S/C32H23N4O7P.C7H14N2/c1-41-31(37)18-7-10-24-26(13-18)35-29(33-24)20-5-3-4-16-12-17-6-9-21(28(43-44(39)40)23(17)15-22(16)20)30-34-25-11-8-19(32(38)42-2)14-27(25)36-30;1-4-9-6-5-8(3)7(9)2/h3-15,44H,1-2H3,(H,33,35)(H,34,36)(H,39,40);5-7H,4H2,1-3H3. The number of carbonyl (C=O) groups excluding carboxylic acids is 2. The van der Waals surface area contributed by atoms with Gasteiger partial charge in [-0.15, -0.1) is 0 Å². The number of aromatic nitrogens is 4. The second kappa shape index (κ2) is 14.5. The summed E-state index contributed by atoms with van der Waals surface area (Å²) in [6.07, 6.45) is 4.79. The van der Waals surface area contributed by atoms with Gasteiger partial charge in [0.15, 0.2) is 0 Å². The number of methoxy groups -OCH3 is 2. The molecule has 5 aromatic carbocycles. The molecule has 0 radical (unpaired) electrons. The SMILES string of the molecule is CCN1C=CN(C)C1C.COC(=O)c1ccc2[nH]c(-c3ccc4cc5cccc(-c6nc7cc(C(=O)OC)ccc7[nH]6)c5cc4c3O[PH](=O)O)nc2c1. The molecule has 0 amide bonds. The number of H-pyrrole nitrogens is 2. The molecule has 0 aliphatic carbocycles. The molecule has 13 nitrogen and oxygen atoms in total. The minimum Gasteiger partial charge on any atom is -0.465 e. The Labute approximate surface area is 304 Å². The van der Waals surface area contributed by atoms with E-state index in [0.717, 1.165) is 33.8 Å². The van der Waals surface area contributed by atoms with Crippen LogP contribution in [-0.4, -0.2) is 80.5 Å². The highest BCUT2D eigenvalue weighted by Gasteiger charge is 2.20. The Morgan fingerprint density at radius 1 is 0.792 bits per heavy atom. The lowest BCUT2D eigenvalue weighted by Gasteiger charge is -2.25. The Morgan fingerprint density at radius 2 is 1.40 bits per heavy atom. The first-order chi connectivity index (χ1) is 25.6. The maximum absolute atomic E-state index is 12.1. The van der Waals surface area contributed by atoms with Crippen LogP contribution in [0.25, 0.3) is 66.4 Å². The zero-order valence-corrected chi connectivity index (χ0v) is 30.6. The van der Waals surface area contributed by atoms with Crippen LogP contribution < -0.4 is 4.52 Å². The molecule has 2 atom stereocenters. The third-order valence-electron chi connectivity index (χ3n) is 9.41. The van der Waals surface area contributed by atoms with Crippen LogP contribution in [0.15, 0.2) is 91.3 Å². The van der Waals surface area contributed by atoms with E-state index in [1.165, 1.54) is 14.2 Å². The molecule has 8 rings (SSSR count). The highest BCUT2D eigenvalue weighted by molar-refractivity contribution is 7.32. The van der Waals surface area contributed by atoms with Crippen molar-refractivity contribution in [3.63, 3.8) is 0 Å². The zero-order chi connectivity index (χ0) is 37.4. The molecule has 0 saturated carbocycles. The number of aromatic amines is 2. The van der Waals surface area contributed by atoms with Crippen molar-refractivity contribution in [1.29, 1.82) is 0 Å². The van der Waals surface area contributed by atoms with Crippen LogP contribution in [0.2, 0.25) is 0 Å². The number of esters is 2. The van der Waals surface area contributed by atoms with Gasteiger partial charge in [0.1, 0.15) is 17.4 Å². The minimum atomic E-state index is -3.41. The van der Waals surface area contributed by atoms with Crippen molar-refractivity contribution in [2.24, 2.45) is 0 Å². The molecule has 2 unspecified atom stereocenters. The Hall–Kier alpha value is -6.17. The quantitative estimate of drug-likeness (QED) is 0.0846. The molecular weight excluding hydrogens is 695 g/mol. The summed E-state index contributed by atoms with van der Waals surface area (Å²) in [7, 11) is 1.32. The van der Waals surface area contributed by atoms with Crippen molar-refractivity contribution < 1.29 is 33.0 Å². The van der Waals surface area contributed by atoms with Gasteiger partial charge in [0.05, 0.1) is 59.1 Å². The molecule has 0 bridgehead atoms. The van der Waals surface area contributed by atoms with Gasteiger partial charge in [-0.3, -0.25) is 0 Å². The van der Waals surface area contributed by atoms with Crippen molar-refractivity contribution in [3.05, 3.63) is 102 Å². The number of carbonyl (C=O) groups is 2. The van der Waals surface area contributed by atoms with Gasteiger partial charge in [-0.1, -0.05) is 24.3 Å². The number of benzene rings is 5. The van der Waals surface area contributed by atoms with Crippen molar-refractivity contribution in [2.45, 2.75) is 20.0 Å². The van der Waals surface area contributed by atoms with E-state index in [4.69, 9.17) is 19.0 Å². The first-order valence-electron chi connectivity index (χ1n) is 16.8. The fraction of sp³-hybridized carbons (Fsp3) is 0.179. The molecule has 14 heteroatoms. The Kier molecular flexibility index (Phi) is 9.61. The van der Waals surface area contributed by atoms with Gasteiger partial charge in [0.25, 0.3) is 0 Å². The number of nitrogens with one attached hydrogen (secondary N) is 2. The van der Waals surface area contributed by atoms with Crippen LogP contribution in [0.3, 0.4) is 0 Å². The monoisotopic (exact) mass is 732 g/mol. The maximum Gasteiger partial charge on any atom is 0.365 e. The van der Waals surface area contributed by atoms with Gasteiger partial charge in [0.2, 0.25) is 0 Å². The average molecular weight is 733 g/mol. The van der Waals surface area contributed by atoms with Gasteiger partial charge in [-0.2, -0.15) is 0 Å². The van der Waals surface area contributed by atoms with Crippen molar-refractivity contribution >= 4 is 63.8 Å². The molecule has 1 aliphatic rings. The Morgan fingerprint density at radius 3 is 1.92 bits per heavy atom. The number of imidazole rings is 2. The summed E-state index contributed by atoms with van der Waals surface area (Å²) in [6, 6.07) is 23.4. The molecule has 2 aromatic heterocycles. The van der Waals surface area contributed by atoms with E-state index in [0.29, 0.717) is 56.4 Å². The van der Waals surface area contributed by atoms with Gasteiger partial charge < -0.3 is 38.7 Å². The molecule has 0 spiro atoms. The van der Waals surface area contributed by atoms with Gasteiger partial charge in [-0.05, 0) is 84.6 Å². The lowest BCUT2D eigenvalue weighted by molar-refractivity contribution is 0.0592. The lowest BCUT2D eigenvalue weighted by atomic mass is 9.97. The molecule has 3 heterocycles. The smallest absolute Gasteiger partial charge is 0.365 e. The number of nitrogens with zero attached hydrogens (tertiary/aromatic N) is 4. The van der Waals surface area contributed by atoms with E-state index >= 15 is 0 Å². The minimum absolute atomic E-state index is 0.185. The predicted molar refractivity (Wildman–Crippen MR) is 205 cm³/mol. The molecule has 1 aliphatic heterocycles. The van der Waals surface area contributed by atoms with E-state index < -0.39 is 20.2 Å². The normalized spacial score (nSPS) is 14.5. The molecule has 53 heavy (non-hydrogen) atoms. The molecule has 3 N–H and O–H groups in total. The van der Waals surface area contributed by atoms with Crippen molar-refractivity contribution in [1.82, 2.24) is 29.7 Å². The largest absolute Gasteiger partial charge is 0.465 e. The van der Waals surface area contributed by atoms with Gasteiger partial charge in [0, 0.05) is 36.9 Å². The maximum atomic E-state index is 12.1. The van der Waals surface area contributed by atoms with E-state index in [2.05, 4.69) is 58.0 Å². The highest BCUT2D eigenvalue weighted by atomic mass is 31.1. The summed E-state index contributed by atoms with van der Waals surface area (Å²) in [5.74, 6) is 0.230. The number of ether oxygens (including phenoxy) is 2. The van der Waals surface area contributed by atoms with E-state index in [1.807, 2.05) is 36.4 Å². The van der Waals surface area contributed by atoms with Crippen LogP contribution in [0.1, 0.15) is 34.6 Å². The number of hydrogen-bond acceptors (Lipinski definition) is 10. The van der Waals surface area contributed by atoms with Crippen LogP contribution >= 0.6 is 8.25 Å². The Bertz CT molecular complexity index is 2600. The molecule has 7 aromatic rings. The summed E-state index contributed by atoms with van der Waals surface area (Å²) >= 11 is 0. The van der Waals surface area contributed by atoms with Crippen LogP contribution in [0, 0.1) is 0 Å². The molecular formula is C39H37N6O7P. The summed E-state index contributed by atoms with van der Waals surface area (Å²) in [5.41, 5.74) is 4.52. The van der Waals surface area contributed by atoms with E-state index in [1.54, 1.807) is 42.5 Å². The van der Waals surface area contributed by atoms with Gasteiger partial charge in [-0.25, -0.2) is 24.1 Å². The molecule has 0 fully saturated rings. The molecule has 270 valence electrons. The number of rotatable bonds is 7. The number of hydrogen-bond donors (Lipinski definition) is 3. The summed E-state index contributed by atoms with van der Waals surface area (Å²) < 4.78 is 27.3. The topological polar surface area (TPSA) is 163 Å². The van der Waals surface area contributed by atoms with Crippen molar-refractivity contribution in [2.75, 3.05) is 27.8 Å².